The van der Waals surface area contributed by atoms with Crippen molar-refractivity contribution >= 4 is 110 Å². The highest BCUT2D eigenvalue weighted by Crippen LogP contribution is 2.34. The van der Waals surface area contributed by atoms with Crippen molar-refractivity contribution in [2.75, 3.05) is 7.11 Å². The lowest BCUT2D eigenvalue weighted by molar-refractivity contribution is 0.0599. The Bertz CT molecular complexity index is 4610. The number of esters is 1. The van der Waals surface area contributed by atoms with Gasteiger partial charge in [-0.2, -0.15) is 5.10 Å². The molecular weight excluding hydrogens is 1710 g/mol. The number of rotatable bonds is 12. The molecule has 0 aliphatic heterocycles. The van der Waals surface area contributed by atoms with Crippen molar-refractivity contribution in [3.05, 3.63) is 315 Å². The number of carbonyl (C=O) groups is 1. The van der Waals surface area contributed by atoms with Crippen LogP contribution in [0.1, 0.15) is 348 Å². The van der Waals surface area contributed by atoms with Gasteiger partial charge in [0.05, 0.1) is 40.4 Å². The van der Waals surface area contributed by atoms with Crippen LogP contribution in [0, 0.1) is 67.0 Å². The highest BCUT2D eigenvalue weighted by molar-refractivity contribution is 7.16. The second-order valence-corrected chi connectivity index (χ2v) is 37.9. The van der Waals surface area contributed by atoms with Crippen LogP contribution >= 0.6 is 104 Å². The molecule has 19 heteroatoms. The van der Waals surface area contributed by atoms with E-state index in [4.69, 9.17) is 92.8 Å². The molecule has 676 valence electrons. The van der Waals surface area contributed by atoms with Crippen LogP contribution < -0.4 is 0 Å². The molecule has 11 aromatic rings. The van der Waals surface area contributed by atoms with Crippen LogP contribution in [-0.4, -0.2) is 42.0 Å². The number of methoxy groups -OCH3 is 1. The summed E-state index contributed by atoms with van der Waals surface area (Å²) in [5, 5.41) is 9.98. The van der Waals surface area contributed by atoms with E-state index in [9.17, 15) is 13.6 Å². The maximum Gasteiger partial charge on any atom is 0.338 e. The first kappa shape index (κ1) is 118. The molecule has 0 N–H and O–H groups in total. The lowest BCUT2D eigenvalue weighted by Crippen LogP contribution is -2.06. The Morgan fingerprint density at radius 1 is 0.402 bits per heavy atom. The van der Waals surface area contributed by atoms with Gasteiger partial charge in [0, 0.05) is 68.5 Å². The smallest absolute Gasteiger partial charge is 0.338 e. The van der Waals surface area contributed by atoms with E-state index in [2.05, 4.69) is 247 Å². The first-order chi connectivity index (χ1) is 55.7. The maximum atomic E-state index is 12.9. The van der Waals surface area contributed by atoms with E-state index in [1.807, 2.05) is 118 Å². The zero-order valence-corrected chi connectivity index (χ0v) is 84.8. The minimum Gasteiger partial charge on any atom is -0.465 e. The monoisotopic (exact) mass is 1850 g/mol. The number of imidazole rings is 2. The van der Waals surface area contributed by atoms with Gasteiger partial charge in [-0.1, -0.05) is 327 Å². The molecule has 0 unspecified atom stereocenters. The van der Waals surface area contributed by atoms with Crippen LogP contribution in [-0.2, 0) is 25.9 Å². The van der Waals surface area contributed by atoms with E-state index in [0.29, 0.717) is 64.7 Å². The second kappa shape index (κ2) is 58.7. The molecule has 0 saturated carbocycles. The molecule has 7 aromatic carbocycles. The fourth-order valence-electron chi connectivity index (χ4n) is 12.6. The number of hydrogen-bond acceptors (Lipinski definition) is 6. The van der Waals surface area contributed by atoms with Crippen molar-refractivity contribution in [2.24, 2.45) is 21.1 Å². The molecule has 0 bridgehead atoms. The Morgan fingerprint density at radius 2 is 0.803 bits per heavy atom. The summed E-state index contributed by atoms with van der Waals surface area (Å²) in [6, 6.07) is 43.9. The average molecular weight is 1850 g/mol. The topological polar surface area (TPSA) is 79.8 Å². The largest absolute Gasteiger partial charge is 0.465 e. The molecule has 0 aliphatic carbocycles. The Labute approximate surface area is 781 Å². The lowest BCUT2D eigenvalue weighted by Gasteiger charge is -2.10. The van der Waals surface area contributed by atoms with Crippen LogP contribution in [0.3, 0.4) is 0 Å². The van der Waals surface area contributed by atoms with Gasteiger partial charge in [0.15, 0.2) is 0 Å². The Morgan fingerprint density at radius 3 is 1.07 bits per heavy atom. The SMILES string of the molecule is C.C.CC(C)c1c(F)cccc1F.CC(C)c1ncn(C)c1Cl.COC(=O)c1ccccc1C(C)C.Cc1c(Cl)cccc1C(C)C.Cc1cc(C(C)C)c(Cl)s1.Cc1ccc(Cl)cc1C(C)C.Cc1ccc(Cl)cc1C(C)C.Cc1ccc(Cl)cc1C(C)C.Cc1cccc(Cl)c1C(C)C.Cc1nc(C(C)C)cn1C.Cc1nn(C)c(Cl)c1C(C)C. The van der Waals surface area contributed by atoms with E-state index in [-0.39, 0.29) is 32.3 Å². The number of halogens is 10. The number of carbonyl (C=O) groups excluding carboxylic acids is 1. The summed E-state index contributed by atoms with van der Waals surface area (Å²) in [5.41, 5.74) is 20.6. The number of thiophene rings is 1. The van der Waals surface area contributed by atoms with Crippen molar-refractivity contribution in [2.45, 2.75) is 288 Å². The van der Waals surface area contributed by atoms with Gasteiger partial charge in [-0.3, -0.25) is 4.68 Å². The zero-order valence-electron chi connectivity index (χ0n) is 78.0. The van der Waals surface area contributed by atoms with Gasteiger partial charge in [0.1, 0.15) is 27.8 Å². The minimum absolute atomic E-state index is 0. The van der Waals surface area contributed by atoms with Gasteiger partial charge in [-0.15, -0.1) is 11.3 Å². The molecule has 0 atom stereocenters. The normalized spacial score (nSPS) is 10.5. The average Bonchev–Trinajstić information content (AvgIpc) is 1.64. The van der Waals surface area contributed by atoms with Crippen molar-refractivity contribution in [3.63, 3.8) is 0 Å². The Hall–Kier alpha value is -6.48. The molecule has 0 fully saturated rings. The number of aromatic nitrogens is 6. The molecule has 122 heavy (non-hydrogen) atoms. The summed E-state index contributed by atoms with van der Waals surface area (Å²) in [6.07, 6.45) is 3.82. The molecule has 0 saturated heterocycles. The maximum absolute atomic E-state index is 12.9. The summed E-state index contributed by atoms with van der Waals surface area (Å²) in [7, 11) is 7.18. The van der Waals surface area contributed by atoms with Crippen molar-refractivity contribution in [1.29, 1.82) is 0 Å². The molecule has 4 aromatic heterocycles. The first-order valence-electron chi connectivity index (χ1n) is 41.3. The molecule has 11 rings (SSSR count). The molecule has 8 nitrogen and oxygen atoms in total. The predicted molar refractivity (Wildman–Crippen MR) is 537 cm³/mol. The van der Waals surface area contributed by atoms with E-state index in [1.165, 1.54) is 97.1 Å². The standard InChI is InChI=1S/C11H14O2.5C10H13Cl.C9H10F2.C8H13ClN2.C8H11ClS.C8H14N2.C7H11ClN2.2CH4/c1-8(2)9-6-4-5-7-10(9)11(12)13-3;3*1-7(2)10-6-9(11)5-4-8(10)3;1-7(2)9-5-4-6-10(11)8(9)3;1-7(2)10-8(3)5-4-6-9(10)11;1-6(2)9-7(10)4-3-5-8(9)11;1-5(2)7-6(3)10-11(4)8(7)9;1-5(2)7-4-6(3)10-8(7)9;1-6(2)8-5-10(4)7(3)9-8;1-5(2)6-7(8)10(3)4-9-6;;/h4-8H,1-3H3;5*4-7H,1-3H3;3-6H,1-2H3;5H,1-4H3;4-5H,1-3H3;5-6H,1-4H3;4-5H,1-3H3;2*1H4. The van der Waals surface area contributed by atoms with Crippen molar-refractivity contribution in [1.82, 2.24) is 28.9 Å². The number of hydrogen-bond donors (Lipinski definition) is 0. The first-order valence-corrected chi connectivity index (χ1v) is 45.1. The summed E-state index contributed by atoms with van der Waals surface area (Å²) in [4.78, 5) is 21.1. The van der Waals surface area contributed by atoms with E-state index < -0.39 is 11.6 Å². The fraction of sp³-hybridized carbons (Fsp3) is 0.456. The molecule has 0 amide bonds. The second-order valence-electron chi connectivity index (χ2n) is 33.2. The molecule has 0 radical (unpaired) electrons. The number of nitrogens with zero attached hydrogens (tertiary/aromatic N) is 6. The summed E-state index contributed by atoms with van der Waals surface area (Å²) < 4.78 is 36.9. The van der Waals surface area contributed by atoms with Crippen LogP contribution in [0.2, 0.25) is 39.8 Å². The Balaban J connectivity index is 0. The van der Waals surface area contributed by atoms with Crippen molar-refractivity contribution < 1.29 is 18.3 Å². The summed E-state index contributed by atoms with van der Waals surface area (Å²) in [5.74, 6) is 4.88. The van der Waals surface area contributed by atoms with Crippen LogP contribution in [0.4, 0.5) is 8.78 Å². The van der Waals surface area contributed by atoms with Crippen LogP contribution in [0.15, 0.2) is 152 Å². The lowest BCUT2D eigenvalue weighted by atomic mass is 9.97. The van der Waals surface area contributed by atoms with Gasteiger partial charge in [0.25, 0.3) is 0 Å². The highest BCUT2D eigenvalue weighted by Gasteiger charge is 2.17. The Kier molecular flexibility index (Phi) is 56.6. The molecular formula is C103H146Cl8F2N6O2S. The number of aryl methyl sites for hydroxylation is 10. The van der Waals surface area contributed by atoms with Gasteiger partial charge < -0.3 is 13.9 Å². The summed E-state index contributed by atoms with van der Waals surface area (Å²) >= 11 is 49.1. The predicted octanol–water partition coefficient (Wildman–Crippen LogP) is 36.2. The van der Waals surface area contributed by atoms with E-state index in [0.717, 1.165) is 68.1 Å². The third-order valence-electron chi connectivity index (χ3n) is 19.3. The molecule has 0 spiro atoms. The summed E-state index contributed by atoms with van der Waals surface area (Å²) in [6.45, 7) is 63.0. The fourth-order valence-corrected chi connectivity index (χ4v) is 16.0. The van der Waals surface area contributed by atoms with Crippen molar-refractivity contribution in [3.8, 4) is 0 Å². The molecule has 4 heterocycles. The zero-order chi connectivity index (χ0) is 92.2. The van der Waals surface area contributed by atoms with Crippen LogP contribution in [0.5, 0.6) is 0 Å². The van der Waals surface area contributed by atoms with E-state index >= 15 is 0 Å². The third-order valence-corrected chi connectivity index (χ3v) is 23.0. The van der Waals surface area contributed by atoms with Crippen LogP contribution in [0.25, 0.3) is 0 Å². The van der Waals surface area contributed by atoms with E-state index in [1.54, 1.807) is 42.3 Å². The minimum atomic E-state index is -0.458. The van der Waals surface area contributed by atoms with Gasteiger partial charge >= 0.3 is 5.97 Å². The highest BCUT2D eigenvalue weighted by atomic mass is 35.5. The van der Waals surface area contributed by atoms with Gasteiger partial charge in [-0.25, -0.2) is 23.5 Å². The van der Waals surface area contributed by atoms with Gasteiger partial charge in [0.2, 0.25) is 0 Å². The molecule has 0 aliphatic rings. The van der Waals surface area contributed by atoms with Gasteiger partial charge in [-0.05, 0) is 260 Å². The third kappa shape index (κ3) is 40.4. The number of benzene rings is 7. The quantitative estimate of drug-likeness (QED) is 0.114. The number of ether oxygens (including phenoxy) is 1.